The van der Waals surface area contributed by atoms with Crippen LogP contribution in [0.25, 0.3) is 39.4 Å². The number of benzene rings is 1. The van der Waals surface area contributed by atoms with E-state index in [1.54, 1.807) is 17.2 Å². The zero-order valence-electron chi connectivity index (χ0n) is 31.2. The topological polar surface area (TPSA) is 181 Å². The number of hydrogen-bond donors (Lipinski definition) is 3. The summed E-state index contributed by atoms with van der Waals surface area (Å²) in [5, 5.41) is 9.31. The van der Waals surface area contributed by atoms with Crippen molar-refractivity contribution in [3.05, 3.63) is 102 Å². The summed E-state index contributed by atoms with van der Waals surface area (Å²) in [6.45, 7) is 6.96. The molecule has 3 N–H and O–H groups in total. The summed E-state index contributed by atoms with van der Waals surface area (Å²) < 4.78 is 2.15. The smallest absolute Gasteiger partial charge is 0.270 e. The normalized spacial score (nSPS) is 16.7. The van der Waals surface area contributed by atoms with Crippen molar-refractivity contribution < 1.29 is 24.0 Å². The van der Waals surface area contributed by atoms with Crippen LogP contribution in [0.3, 0.4) is 0 Å². The van der Waals surface area contributed by atoms with Gasteiger partial charge in [-0.1, -0.05) is 44.2 Å². The van der Waals surface area contributed by atoms with Crippen molar-refractivity contribution in [2.45, 2.75) is 65.1 Å². The molecule has 4 aromatic heterocycles. The second kappa shape index (κ2) is 17.1. The van der Waals surface area contributed by atoms with Gasteiger partial charge in [0.1, 0.15) is 23.6 Å². The van der Waals surface area contributed by atoms with E-state index in [-0.39, 0.29) is 30.2 Å². The number of nitrogens with one attached hydrogen (secondary N) is 3. The first-order valence-electron chi connectivity index (χ1n) is 18.2. The van der Waals surface area contributed by atoms with E-state index < -0.39 is 11.9 Å². The lowest BCUT2D eigenvalue weighted by molar-refractivity contribution is -0.136. The molecule has 55 heavy (non-hydrogen) atoms. The number of nitrogens with zero attached hydrogens (tertiary/aromatic N) is 6. The first-order valence-corrected chi connectivity index (χ1v) is 18.2. The minimum Gasteiger partial charge on any atom is -0.347 e. The average molecular weight is 742 g/mol. The van der Waals surface area contributed by atoms with Gasteiger partial charge in [0.15, 0.2) is 0 Å². The number of aromatic nitrogens is 5. The van der Waals surface area contributed by atoms with Crippen molar-refractivity contribution >= 4 is 46.9 Å². The van der Waals surface area contributed by atoms with Gasteiger partial charge < -0.3 is 20.1 Å². The van der Waals surface area contributed by atoms with Gasteiger partial charge in [-0.3, -0.25) is 44.2 Å². The molecule has 0 saturated carbocycles. The fourth-order valence-electron chi connectivity index (χ4n) is 6.76. The van der Waals surface area contributed by atoms with Crippen LogP contribution in [0.15, 0.2) is 73.1 Å². The molecular weight excluding hydrogens is 699 g/mol. The molecule has 2 atom stereocenters. The number of fused-ring (bicyclic) bond motifs is 2. The highest BCUT2D eigenvalue weighted by atomic mass is 16.2. The molecular formula is C41H43N9O5. The zero-order chi connectivity index (χ0) is 39.1. The van der Waals surface area contributed by atoms with E-state index in [0.29, 0.717) is 31.6 Å². The third-order valence-electron chi connectivity index (χ3n) is 9.55. The second-order valence-electron chi connectivity index (χ2n) is 13.3. The maximum absolute atomic E-state index is 12.9. The van der Waals surface area contributed by atoms with Crippen LogP contribution in [-0.4, -0.2) is 79.1 Å². The minimum absolute atomic E-state index is 0.132. The molecule has 1 aromatic carbocycles. The van der Waals surface area contributed by atoms with E-state index in [0.717, 1.165) is 69.0 Å². The quantitative estimate of drug-likeness (QED) is 0.139. The van der Waals surface area contributed by atoms with Crippen LogP contribution < -0.4 is 16.0 Å². The summed E-state index contributed by atoms with van der Waals surface area (Å²) in [6.07, 6.45) is 9.91. The second-order valence-corrected chi connectivity index (χ2v) is 13.3. The first kappa shape index (κ1) is 38.2. The highest BCUT2D eigenvalue weighted by molar-refractivity contribution is 6.01. The van der Waals surface area contributed by atoms with E-state index in [1.165, 1.54) is 0 Å². The van der Waals surface area contributed by atoms with Crippen LogP contribution in [0.2, 0.25) is 0 Å². The van der Waals surface area contributed by atoms with Gasteiger partial charge in [-0.25, -0.2) is 4.98 Å². The number of pyridine rings is 3. The number of hydrogen-bond acceptors (Lipinski definition) is 9. The first-order chi connectivity index (χ1) is 26.6. The van der Waals surface area contributed by atoms with Crippen LogP contribution in [0.4, 0.5) is 0 Å². The van der Waals surface area contributed by atoms with E-state index in [1.807, 2.05) is 75.6 Å². The average Bonchev–Trinajstić information content (AvgIpc) is 3.55. The van der Waals surface area contributed by atoms with E-state index in [9.17, 15) is 24.0 Å². The Hall–Kier alpha value is -6.57. The lowest BCUT2D eigenvalue weighted by Crippen LogP contribution is -2.50. The van der Waals surface area contributed by atoms with Crippen molar-refractivity contribution in [3.8, 4) is 22.5 Å². The molecule has 1 fully saturated rings. The van der Waals surface area contributed by atoms with Gasteiger partial charge in [-0.2, -0.15) is 0 Å². The molecule has 0 bridgehead atoms. The van der Waals surface area contributed by atoms with Crippen LogP contribution in [0.5, 0.6) is 0 Å². The van der Waals surface area contributed by atoms with Gasteiger partial charge in [0.2, 0.25) is 24.1 Å². The molecule has 2 aliphatic heterocycles. The fourth-order valence-corrected chi connectivity index (χ4v) is 6.76. The number of rotatable bonds is 10. The molecule has 5 amide bonds. The molecule has 2 aliphatic rings. The third-order valence-corrected chi connectivity index (χ3v) is 9.55. The summed E-state index contributed by atoms with van der Waals surface area (Å²) >= 11 is 0. The lowest BCUT2D eigenvalue weighted by atomic mass is 10.00. The van der Waals surface area contributed by atoms with Gasteiger partial charge in [0, 0.05) is 61.0 Å². The molecule has 0 radical (unpaired) electrons. The van der Waals surface area contributed by atoms with E-state index >= 15 is 0 Å². The Balaban J connectivity index is 0.000000403. The monoisotopic (exact) mass is 741 g/mol. The summed E-state index contributed by atoms with van der Waals surface area (Å²) in [5.74, 6) is 0.112. The van der Waals surface area contributed by atoms with Gasteiger partial charge in [-0.05, 0) is 61.6 Å². The Morgan fingerprint density at radius 3 is 2.55 bits per heavy atom. The standard InChI is InChI=1S/C35H35N7O2.C6H8N2O3/c1-5-30-35(44)41(4)21-31-33(40-32(6-2)42(30)31)26-14-8-11-23-18-29(38-20-27(23)26)24-15-16-28(37-19-24)34(43)36-17-9-13-25-12-7-10-22(3)39-25;9-3-7-4-1-2-5(10)8-6(4)11/h7-16,18-20,30H,5-6,17,21H2,1-4H3,(H,36,43);3-4H,1-2H2,(H,7,9)(H,8,10,11)/b13-9+;. The molecule has 14 nitrogen and oxygen atoms in total. The minimum atomic E-state index is -0.537. The molecule has 5 aromatic rings. The van der Waals surface area contributed by atoms with Gasteiger partial charge in [-0.15, -0.1) is 0 Å². The van der Waals surface area contributed by atoms with Crippen LogP contribution in [0, 0.1) is 6.92 Å². The van der Waals surface area contributed by atoms with Gasteiger partial charge in [0.25, 0.3) is 5.91 Å². The number of carbonyl (C=O) groups is 5. The molecule has 2 unspecified atom stereocenters. The van der Waals surface area contributed by atoms with Crippen molar-refractivity contribution in [1.82, 2.24) is 45.4 Å². The fraction of sp³-hybridized carbons (Fsp3) is 0.293. The van der Waals surface area contributed by atoms with Crippen LogP contribution in [0.1, 0.15) is 72.5 Å². The number of likely N-dealkylation sites (N-methyl/N-ethyl adjacent to an activating group) is 1. The summed E-state index contributed by atoms with van der Waals surface area (Å²) in [7, 11) is 1.86. The number of imidazole rings is 1. The van der Waals surface area contributed by atoms with Crippen LogP contribution >= 0.6 is 0 Å². The van der Waals surface area contributed by atoms with Crippen molar-refractivity contribution in [1.29, 1.82) is 0 Å². The zero-order valence-corrected chi connectivity index (χ0v) is 31.2. The predicted molar refractivity (Wildman–Crippen MR) is 207 cm³/mol. The Kier molecular flexibility index (Phi) is 11.8. The molecule has 6 heterocycles. The number of imide groups is 1. The van der Waals surface area contributed by atoms with Gasteiger partial charge >= 0.3 is 0 Å². The SMILES string of the molecule is CCc1nc(-c2cccc3cc(-c4ccc(C(=O)NC/C=C/c5cccc(C)n5)nc4)ncc23)c2n1C(CC)C(=O)N(C)C2.O=CNC1CCC(=O)NC1=O. The molecule has 14 heteroatoms. The Morgan fingerprint density at radius 1 is 1.02 bits per heavy atom. The van der Waals surface area contributed by atoms with E-state index in [2.05, 4.69) is 49.5 Å². The predicted octanol–water partition coefficient (Wildman–Crippen LogP) is 4.33. The molecule has 1 saturated heterocycles. The number of carbonyl (C=O) groups excluding carboxylic acids is 5. The number of aryl methyl sites for hydroxylation is 2. The van der Waals surface area contributed by atoms with Gasteiger partial charge in [0.05, 0.1) is 29.3 Å². The summed E-state index contributed by atoms with van der Waals surface area (Å²) in [6, 6.07) is 16.8. The highest BCUT2D eigenvalue weighted by Crippen LogP contribution is 2.37. The molecule has 282 valence electrons. The van der Waals surface area contributed by atoms with Crippen molar-refractivity contribution in [3.63, 3.8) is 0 Å². The van der Waals surface area contributed by atoms with Crippen molar-refractivity contribution in [2.24, 2.45) is 0 Å². The van der Waals surface area contributed by atoms with E-state index in [4.69, 9.17) is 9.97 Å². The number of piperidine rings is 1. The van der Waals surface area contributed by atoms with Crippen molar-refractivity contribution in [2.75, 3.05) is 13.6 Å². The highest BCUT2D eigenvalue weighted by Gasteiger charge is 2.34. The Labute approximate surface area is 318 Å². The molecule has 0 aliphatic carbocycles. The Morgan fingerprint density at radius 2 is 1.84 bits per heavy atom. The third kappa shape index (κ3) is 8.48. The molecule has 7 rings (SSSR count). The summed E-state index contributed by atoms with van der Waals surface area (Å²) in [4.78, 5) is 77.4. The summed E-state index contributed by atoms with van der Waals surface area (Å²) in [5.41, 5.74) is 6.68. The maximum atomic E-state index is 12.9. The number of amides is 5. The maximum Gasteiger partial charge on any atom is 0.270 e. The van der Waals surface area contributed by atoms with Crippen LogP contribution in [-0.2, 0) is 32.1 Å². The molecule has 0 spiro atoms. The lowest BCUT2D eigenvalue weighted by Gasteiger charge is -2.32. The Bertz CT molecular complexity index is 2280. The largest absolute Gasteiger partial charge is 0.347 e.